The molecule has 1 N–H and O–H groups in total. The van der Waals surface area contributed by atoms with Crippen LogP contribution in [0.5, 0.6) is 0 Å². The second-order valence-electron chi connectivity index (χ2n) is 4.90. The van der Waals surface area contributed by atoms with Crippen molar-refractivity contribution in [1.82, 2.24) is 14.7 Å². The van der Waals surface area contributed by atoms with Gasteiger partial charge in [-0.05, 0) is 32.1 Å². The molecule has 0 aliphatic heterocycles. The summed E-state index contributed by atoms with van der Waals surface area (Å²) in [6, 6.07) is 4.02. The third-order valence-corrected chi connectivity index (χ3v) is 3.53. The van der Waals surface area contributed by atoms with E-state index in [9.17, 15) is 0 Å². The summed E-state index contributed by atoms with van der Waals surface area (Å²) >= 11 is 0. The molecule has 2 rings (SSSR count). The maximum absolute atomic E-state index is 5.39. The summed E-state index contributed by atoms with van der Waals surface area (Å²) in [5.41, 5.74) is 1.02. The lowest BCUT2D eigenvalue weighted by atomic mass is 10.2. The van der Waals surface area contributed by atoms with Crippen molar-refractivity contribution in [3.63, 3.8) is 0 Å². The second-order valence-corrected chi connectivity index (χ2v) is 4.90. The van der Waals surface area contributed by atoms with Gasteiger partial charge in [0.25, 0.3) is 0 Å². The molecule has 20 heavy (non-hydrogen) atoms. The van der Waals surface area contributed by atoms with Crippen molar-refractivity contribution in [3.05, 3.63) is 36.5 Å². The zero-order valence-electron chi connectivity index (χ0n) is 12.5. The van der Waals surface area contributed by atoms with Crippen LogP contribution in [0.15, 0.2) is 35.2 Å². The lowest BCUT2D eigenvalue weighted by Crippen LogP contribution is -2.27. The van der Waals surface area contributed by atoms with Crippen molar-refractivity contribution in [3.8, 4) is 0 Å². The first-order valence-corrected chi connectivity index (χ1v) is 7.27. The Morgan fingerprint density at radius 2 is 2.20 bits per heavy atom. The van der Waals surface area contributed by atoms with Gasteiger partial charge in [0.05, 0.1) is 30.7 Å². The minimum Gasteiger partial charge on any atom is -0.467 e. The van der Waals surface area contributed by atoms with E-state index in [0.717, 1.165) is 37.6 Å². The molecule has 0 saturated heterocycles. The van der Waals surface area contributed by atoms with E-state index in [1.165, 1.54) is 0 Å². The summed E-state index contributed by atoms with van der Waals surface area (Å²) in [6.07, 6.45) is 5.60. The number of nitrogens with one attached hydrogen (secondary N) is 1. The Bertz CT molecular complexity index is 488. The molecule has 0 radical (unpaired) electrons. The van der Waals surface area contributed by atoms with Gasteiger partial charge in [0.15, 0.2) is 0 Å². The van der Waals surface area contributed by atoms with Crippen molar-refractivity contribution in [2.24, 2.45) is 0 Å². The molecular weight excluding hydrogens is 252 g/mol. The van der Waals surface area contributed by atoms with Crippen molar-refractivity contribution in [1.29, 1.82) is 0 Å². The van der Waals surface area contributed by atoms with Crippen molar-refractivity contribution in [2.45, 2.75) is 33.4 Å². The third kappa shape index (κ3) is 3.87. The van der Waals surface area contributed by atoms with Gasteiger partial charge in [-0.1, -0.05) is 13.8 Å². The van der Waals surface area contributed by atoms with Crippen LogP contribution < -0.4 is 5.32 Å². The van der Waals surface area contributed by atoms with Crippen LogP contribution in [0.4, 0.5) is 5.69 Å². The van der Waals surface area contributed by atoms with E-state index in [1.54, 1.807) is 6.26 Å². The Morgan fingerprint density at radius 3 is 2.85 bits per heavy atom. The maximum Gasteiger partial charge on any atom is 0.125 e. The Kier molecular flexibility index (Phi) is 5.24. The van der Waals surface area contributed by atoms with Gasteiger partial charge in [-0.3, -0.25) is 4.68 Å². The molecule has 0 fully saturated rings. The van der Waals surface area contributed by atoms with Gasteiger partial charge in [-0.15, -0.1) is 0 Å². The Balaban J connectivity index is 1.86. The van der Waals surface area contributed by atoms with Gasteiger partial charge in [-0.2, -0.15) is 5.10 Å². The van der Waals surface area contributed by atoms with Crippen LogP contribution >= 0.6 is 0 Å². The summed E-state index contributed by atoms with van der Waals surface area (Å²) in [4.78, 5) is 2.39. The molecule has 0 saturated carbocycles. The number of rotatable bonds is 8. The van der Waals surface area contributed by atoms with Crippen molar-refractivity contribution >= 4 is 5.69 Å². The van der Waals surface area contributed by atoms with E-state index >= 15 is 0 Å². The first-order chi connectivity index (χ1) is 9.72. The topological polar surface area (TPSA) is 46.2 Å². The molecular formula is C15H24N4O. The number of aromatic nitrogens is 2. The van der Waals surface area contributed by atoms with Crippen LogP contribution in [0.3, 0.4) is 0 Å². The fourth-order valence-corrected chi connectivity index (χ4v) is 2.20. The predicted molar refractivity (Wildman–Crippen MR) is 80.8 cm³/mol. The Hall–Kier alpha value is -1.75. The average molecular weight is 276 g/mol. The summed E-state index contributed by atoms with van der Waals surface area (Å²) < 4.78 is 7.37. The molecule has 1 atom stereocenters. The SMILES string of the molecule is CCN(CC)CCn1cc(NC(C)c2ccco2)cn1. The lowest BCUT2D eigenvalue weighted by molar-refractivity contribution is 0.285. The van der Waals surface area contributed by atoms with E-state index in [-0.39, 0.29) is 6.04 Å². The molecule has 0 amide bonds. The predicted octanol–water partition coefficient (Wildman–Crippen LogP) is 2.99. The molecule has 110 valence electrons. The van der Waals surface area contributed by atoms with Gasteiger partial charge in [-0.25, -0.2) is 0 Å². The van der Waals surface area contributed by atoms with Gasteiger partial charge in [0.1, 0.15) is 5.76 Å². The van der Waals surface area contributed by atoms with Crippen LogP contribution in [-0.2, 0) is 6.54 Å². The highest BCUT2D eigenvalue weighted by molar-refractivity contribution is 5.40. The molecule has 5 heteroatoms. The number of nitrogens with zero attached hydrogens (tertiary/aromatic N) is 3. The number of hydrogen-bond donors (Lipinski definition) is 1. The first kappa shape index (κ1) is 14.7. The number of likely N-dealkylation sites (N-methyl/N-ethyl adjacent to an activating group) is 1. The van der Waals surface area contributed by atoms with Crippen LogP contribution in [0, 0.1) is 0 Å². The minimum atomic E-state index is 0.144. The Morgan fingerprint density at radius 1 is 1.40 bits per heavy atom. The van der Waals surface area contributed by atoms with Crippen molar-refractivity contribution < 1.29 is 4.42 Å². The summed E-state index contributed by atoms with van der Waals surface area (Å²) in [5, 5.41) is 7.78. The highest BCUT2D eigenvalue weighted by atomic mass is 16.3. The zero-order valence-corrected chi connectivity index (χ0v) is 12.5. The second kappa shape index (κ2) is 7.14. The zero-order chi connectivity index (χ0) is 14.4. The van der Waals surface area contributed by atoms with E-state index in [4.69, 9.17) is 4.42 Å². The van der Waals surface area contributed by atoms with E-state index in [2.05, 4.69) is 36.1 Å². The van der Waals surface area contributed by atoms with E-state index < -0.39 is 0 Å². The lowest BCUT2D eigenvalue weighted by Gasteiger charge is -2.17. The van der Waals surface area contributed by atoms with Crippen LogP contribution in [0.25, 0.3) is 0 Å². The molecule has 0 spiro atoms. The fraction of sp³-hybridized carbons (Fsp3) is 0.533. The fourth-order valence-electron chi connectivity index (χ4n) is 2.20. The Labute approximate surface area is 120 Å². The molecule has 2 heterocycles. The molecule has 5 nitrogen and oxygen atoms in total. The molecule has 1 unspecified atom stereocenters. The first-order valence-electron chi connectivity index (χ1n) is 7.27. The highest BCUT2D eigenvalue weighted by Crippen LogP contribution is 2.18. The average Bonchev–Trinajstić information content (AvgIpc) is 3.11. The smallest absolute Gasteiger partial charge is 0.125 e. The van der Waals surface area contributed by atoms with Crippen LogP contribution in [0.1, 0.15) is 32.6 Å². The number of furan rings is 1. The quantitative estimate of drug-likeness (QED) is 0.805. The largest absolute Gasteiger partial charge is 0.467 e. The molecule has 0 aliphatic carbocycles. The normalized spacial score (nSPS) is 12.8. The number of hydrogen-bond acceptors (Lipinski definition) is 4. The minimum absolute atomic E-state index is 0.144. The molecule has 2 aromatic rings. The third-order valence-electron chi connectivity index (χ3n) is 3.53. The van der Waals surface area contributed by atoms with Crippen molar-refractivity contribution in [2.75, 3.05) is 25.0 Å². The van der Waals surface area contributed by atoms with E-state index in [0.29, 0.717) is 0 Å². The van der Waals surface area contributed by atoms with Crippen LogP contribution in [0.2, 0.25) is 0 Å². The standard InChI is InChI=1S/C15H24N4O/c1-4-18(5-2)8-9-19-12-14(11-16-19)17-13(3)15-7-6-10-20-15/h6-7,10-13,17H,4-5,8-9H2,1-3H3. The van der Waals surface area contributed by atoms with Gasteiger partial charge < -0.3 is 14.6 Å². The molecule has 0 aromatic carbocycles. The van der Waals surface area contributed by atoms with E-state index in [1.807, 2.05) is 29.2 Å². The summed E-state index contributed by atoms with van der Waals surface area (Å²) in [7, 11) is 0. The summed E-state index contributed by atoms with van der Waals surface area (Å²) in [5.74, 6) is 0.931. The maximum atomic E-state index is 5.39. The van der Waals surface area contributed by atoms with Gasteiger partial charge in [0, 0.05) is 12.7 Å². The van der Waals surface area contributed by atoms with Crippen LogP contribution in [-0.4, -0.2) is 34.3 Å². The molecule has 2 aromatic heterocycles. The molecule has 0 bridgehead atoms. The number of anilines is 1. The van der Waals surface area contributed by atoms with Gasteiger partial charge in [0.2, 0.25) is 0 Å². The summed E-state index contributed by atoms with van der Waals surface area (Å²) in [6.45, 7) is 10.6. The monoisotopic (exact) mass is 276 g/mol. The highest BCUT2D eigenvalue weighted by Gasteiger charge is 2.09. The van der Waals surface area contributed by atoms with Gasteiger partial charge >= 0.3 is 0 Å². The molecule has 0 aliphatic rings.